The van der Waals surface area contributed by atoms with Crippen LogP contribution >= 0.6 is 11.6 Å². The third kappa shape index (κ3) is 3.71. The van der Waals surface area contributed by atoms with Crippen LogP contribution in [0.3, 0.4) is 0 Å². The van der Waals surface area contributed by atoms with Crippen molar-refractivity contribution >= 4 is 17.5 Å². The van der Waals surface area contributed by atoms with Gasteiger partial charge in [-0.3, -0.25) is 4.79 Å². The molecule has 1 amide bonds. The number of benzene rings is 2. The highest BCUT2D eigenvalue weighted by Crippen LogP contribution is 2.28. The van der Waals surface area contributed by atoms with E-state index in [9.17, 15) is 4.79 Å². The highest BCUT2D eigenvalue weighted by atomic mass is 35.5. The number of methoxy groups -OCH3 is 2. The minimum absolute atomic E-state index is 0.0964. The summed E-state index contributed by atoms with van der Waals surface area (Å²) in [4.78, 5) is 14.1. The predicted molar refractivity (Wildman–Crippen MR) is 86.8 cm³/mol. The zero-order valence-corrected chi connectivity index (χ0v) is 13.6. The second kappa shape index (κ2) is 7.18. The van der Waals surface area contributed by atoms with E-state index in [1.807, 2.05) is 18.2 Å². The van der Waals surface area contributed by atoms with E-state index in [1.54, 1.807) is 50.4 Å². The molecule has 0 saturated heterocycles. The van der Waals surface area contributed by atoms with Crippen LogP contribution in [0.25, 0.3) is 0 Å². The average molecular weight is 320 g/mol. The first-order valence-corrected chi connectivity index (χ1v) is 7.15. The van der Waals surface area contributed by atoms with Crippen molar-refractivity contribution in [2.24, 2.45) is 0 Å². The number of carbonyl (C=O) groups is 1. The number of hydrogen-bond acceptors (Lipinski definition) is 3. The summed E-state index contributed by atoms with van der Waals surface area (Å²) in [5.74, 6) is 1.03. The Morgan fingerprint density at radius 2 is 1.82 bits per heavy atom. The van der Waals surface area contributed by atoms with Gasteiger partial charge in [-0.25, -0.2) is 0 Å². The molecule has 0 aliphatic rings. The van der Waals surface area contributed by atoms with Crippen LogP contribution in [-0.4, -0.2) is 32.1 Å². The van der Waals surface area contributed by atoms with Crippen molar-refractivity contribution in [1.82, 2.24) is 4.90 Å². The number of hydrogen-bond donors (Lipinski definition) is 0. The summed E-state index contributed by atoms with van der Waals surface area (Å²) in [6.45, 7) is 0.480. The molecular formula is C17H18ClNO3. The lowest BCUT2D eigenvalue weighted by Gasteiger charge is -2.18. The molecule has 0 fully saturated rings. The van der Waals surface area contributed by atoms with Crippen LogP contribution in [0.15, 0.2) is 42.5 Å². The minimum Gasteiger partial charge on any atom is -0.493 e. The zero-order chi connectivity index (χ0) is 16.1. The van der Waals surface area contributed by atoms with Gasteiger partial charge in [0.1, 0.15) is 0 Å². The van der Waals surface area contributed by atoms with Gasteiger partial charge in [0.15, 0.2) is 11.5 Å². The van der Waals surface area contributed by atoms with Crippen molar-refractivity contribution in [2.45, 2.75) is 6.54 Å². The normalized spacial score (nSPS) is 10.2. The van der Waals surface area contributed by atoms with Crippen LogP contribution in [0, 0.1) is 0 Å². The Morgan fingerprint density at radius 3 is 2.45 bits per heavy atom. The molecule has 0 spiro atoms. The van der Waals surface area contributed by atoms with Crippen molar-refractivity contribution in [3.8, 4) is 11.5 Å². The van der Waals surface area contributed by atoms with E-state index in [4.69, 9.17) is 21.1 Å². The number of halogens is 1. The van der Waals surface area contributed by atoms with E-state index in [-0.39, 0.29) is 5.91 Å². The number of amides is 1. The highest BCUT2D eigenvalue weighted by molar-refractivity contribution is 6.30. The van der Waals surface area contributed by atoms with Crippen molar-refractivity contribution in [2.75, 3.05) is 21.3 Å². The van der Waals surface area contributed by atoms with Crippen LogP contribution in [-0.2, 0) is 6.54 Å². The summed E-state index contributed by atoms with van der Waals surface area (Å²) in [5.41, 5.74) is 1.52. The summed E-state index contributed by atoms with van der Waals surface area (Å²) in [7, 11) is 4.85. The molecule has 2 rings (SSSR count). The number of ether oxygens (including phenoxy) is 2. The quantitative estimate of drug-likeness (QED) is 0.844. The molecule has 0 heterocycles. The molecule has 0 atom stereocenters. The summed E-state index contributed by atoms with van der Waals surface area (Å²) in [5, 5.41) is 0.657. The Labute approximate surface area is 135 Å². The molecule has 0 aliphatic heterocycles. The van der Waals surface area contributed by atoms with Gasteiger partial charge < -0.3 is 14.4 Å². The monoisotopic (exact) mass is 319 g/mol. The molecule has 22 heavy (non-hydrogen) atoms. The van der Waals surface area contributed by atoms with E-state index in [0.29, 0.717) is 28.6 Å². The average Bonchev–Trinajstić information content (AvgIpc) is 2.53. The molecule has 0 aromatic heterocycles. The molecule has 0 bridgehead atoms. The molecule has 0 N–H and O–H groups in total. The topological polar surface area (TPSA) is 38.8 Å². The summed E-state index contributed by atoms with van der Waals surface area (Å²) >= 11 is 5.96. The SMILES string of the molecule is COc1ccc(C(=O)N(C)Cc2cccc(Cl)c2)cc1OC. The van der Waals surface area contributed by atoms with E-state index < -0.39 is 0 Å². The fraction of sp³-hybridized carbons (Fsp3) is 0.235. The lowest BCUT2D eigenvalue weighted by atomic mass is 10.1. The van der Waals surface area contributed by atoms with Crippen molar-refractivity contribution in [3.05, 3.63) is 58.6 Å². The Hall–Kier alpha value is -2.20. The van der Waals surface area contributed by atoms with Gasteiger partial charge in [0, 0.05) is 24.2 Å². The van der Waals surface area contributed by atoms with Gasteiger partial charge in [-0.15, -0.1) is 0 Å². The van der Waals surface area contributed by atoms with E-state index in [1.165, 1.54) is 0 Å². The van der Waals surface area contributed by atoms with Gasteiger partial charge in [0.25, 0.3) is 5.91 Å². The third-order valence-corrected chi connectivity index (χ3v) is 3.52. The van der Waals surface area contributed by atoms with Gasteiger partial charge in [-0.2, -0.15) is 0 Å². The maximum absolute atomic E-state index is 12.5. The predicted octanol–water partition coefficient (Wildman–Crippen LogP) is 3.63. The van der Waals surface area contributed by atoms with Crippen LogP contribution < -0.4 is 9.47 Å². The molecule has 0 unspecified atom stereocenters. The molecule has 0 radical (unpaired) electrons. The van der Waals surface area contributed by atoms with Crippen molar-refractivity contribution in [1.29, 1.82) is 0 Å². The number of carbonyl (C=O) groups excluding carboxylic acids is 1. The second-order valence-corrected chi connectivity index (χ2v) is 5.30. The van der Waals surface area contributed by atoms with Crippen LogP contribution in [0.4, 0.5) is 0 Å². The van der Waals surface area contributed by atoms with Gasteiger partial charge in [0.2, 0.25) is 0 Å². The standard InChI is InChI=1S/C17H18ClNO3/c1-19(11-12-5-4-6-14(18)9-12)17(20)13-7-8-15(21-2)16(10-13)22-3/h4-10H,11H2,1-3H3. The van der Waals surface area contributed by atoms with Gasteiger partial charge in [-0.1, -0.05) is 23.7 Å². The molecule has 2 aromatic carbocycles. The number of rotatable bonds is 5. The first-order valence-electron chi connectivity index (χ1n) is 6.77. The Balaban J connectivity index is 2.16. The first-order chi connectivity index (χ1) is 10.5. The summed E-state index contributed by atoms with van der Waals surface area (Å²) in [6.07, 6.45) is 0. The van der Waals surface area contributed by atoms with Crippen LogP contribution in [0.1, 0.15) is 15.9 Å². The molecule has 5 heteroatoms. The molecule has 116 valence electrons. The largest absolute Gasteiger partial charge is 0.493 e. The molecule has 0 aliphatic carbocycles. The number of nitrogens with zero attached hydrogens (tertiary/aromatic N) is 1. The smallest absolute Gasteiger partial charge is 0.254 e. The highest BCUT2D eigenvalue weighted by Gasteiger charge is 2.15. The maximum atomic E-state index is 12.5. The molecule has 4 nitrogen and oxygen atoms in total. The first kappa shape index (κ1) is 16.2. The lowest BCUT2D eigenvalue weighted by molar-refractivity contribution is 0.0784. The van der Waals surface area contributed by atoms with Gasteiger partial charge in [0.05, 0.1) is 14.2 Å². The fourth-order valence-electron chi connectivity index (χ4n) is 2.17. The third-order valence-electron chi connectivity index (χ3n) is 3.29. The lowest BCUT2D eigenvalue weighted by Crippen LogP contribution is -2.26. The van der Waals surface area contributed by atoms with Gasteiger partial charge in [-0.05, 0) is 35.9 Å². The maximum Gasteiger partial charge on any atom is 0.254 e. The second-order valence-electron chi connectivity index (χ2n) is 4.86. The summed E-state index contributed by atoms with van der Waals surface area (Å²) < 4.78 is 10.4. The van der Waals surface area contributed by atoms with Crippen molar-refractivity contribution in [3.63, 3.8) is 0 Å². The molecule has 0 saturated carbocycles. The minimum atomic E-state index is -0.0964. The zero-order valence-electron chi connectivity index (χ0n) is 12.8. The van der Waals surface area contributed by atoms with Crippen LogP contribution in [0.5, 0.6) is 11.5 Å². The molecule has 2 aromatic rings. The Bertz CT molecular complexity index is 673. The van der Waals surface area contributed by atoms with E-state index in [0.717, 1.165) is 5.56 Å². The Morgan fingerprint density at radius 1 is 1.09 bits per heavy atom. The fourth-order valence-corrected chi connectivity index (χ4v) is 2.38. The summed E-state index contributed by atoms with van der Waals surface area (Å²) in [6, 6.07) is 12.6. The van der Waals surface area contributed by atoms with E-state index >= 15 is 0 Å². The molecular weight excluding hydrogens is 302 g/mol. The van der Waals surface area contributed by atoms with Gasteiger partial charge >= 0.3 is 0 Å². The van der Waals surface area contributed by atoms with E-state index in [2.05, 4.69) is 0 Å². The van der Waals surface area contributed by atoms with Crippen molar-refractivity contribution < 1.29 is 14.3 Å². The Kier molecular flexibility index (Phi) is 5.28. The van der Waals surface area contributed by atoms with Crippen LogP contribution in [0.2, 0.25) is 5.02 Å².